The molecule has 0 radical (unpaired) electrons. The smallest absolute Gasteiger partial charge is 0.286 e. The van der Waals surface area contributed by atoms with E-state index in [9.17, 15) is 14.4 Å². The van der Waals surface area contributed by atoms with Crippen molar-refractivity contribution < 1.29 is 14.4 Å². The number of thioether (sulfide) groups is 1. The van der Waals surface area contributed by atoms with Crippen LogP contribution in [0.25, 0.3) is 5.57 Å². The Morgan fingerprint density at radius 1 is 1.17 bits per heavy atom. The van der Waals surface area contributed by atoms with Gasteiger partial charge in [-0.1, -0.05) is 43.3 Å². The highest BCUT2D eigenvalue weighted by atomic mass is 32.2. The second kappa shape index (κ2) is 8.37. The van der Waals surface area contributed by atoms with Crippen LogP contribution < -0.4 is 10.3 Å². The van der Waals surface area contributed by atoms with Crippen LogP contribution in [0.2, 0.25) is 0 Å². The van der Waals surface area contributed by atoms with Crippen molar-refractivity contribution in [2.45, 2.75) is 19.8 Å². The van der Waals surface area contributed by atoms with Crippen LogP contribution in [0, 0.1) is 0 Å². The average molecular weight is 439 g/mol. The zero-order valence-electron chi connectivity index (χ0n) is 16.1. The lowest BCUT2D eigenvalue weighted by Crippen LogP contribution is -2.45. The Morgan fingerprint density at radius 2 is 1.97 bits per heavy atom. The summed E-state index contributed by atoms with van der Waals surface area (Å²) in [6.45, 7) is 2.64. The predicted octanol–water partition coefficient (Wildman–Crippen LogP) is 3.14. The third-order valence-corrected chi connectivity index (χ3v) is 6.16. The van der Waals surface area contributed by atoms with Crippen LogP contribution in [-0.4, -0.2) is 38.6 Å². The number of anilines is 1. The molecule has 1 aromatic carbocycles. The highest BCUT2D eigenvalue weighted by Crippen LogP contribution is 2.44. The Hall–Kier alpha value is -3.04. The van der Waals surface area contributed by atoms with Crippen LogP contribution in [0.3, 0.4) is 0 Å². The minimum absolute atomic E-state index is 0.164. The molecule has 0 atom stereocenters. The second-order valence-corrected chi connectivity index (χ2v) is 8.37. The topological polar surface area (TPSA) is 82.6 Å². The zero-order chi connectivity index (χ0) is 21.3. The highest BCUT2D eigenvalue weighted by molar-refractivity contribution is 8.26. The van der Waals surface area contributed by atoms with Crippen molar-refractivity contribution >= 4 is 57.3 Å². The van der Waals surface area contributed by atoms with Gasteiger partial charge in [0.1, 0.15) is 0 Å². The first-order valence-electron chi connectivity index (χ1n) is 9.45. The van der Waals surface area contributed by atoms with Gasteiger partial charge < -0.3 is 4.90 Å². The Balaban J connectivity index is 1.67. The normalized spacial score (nSPS) is 18.2. The average Bonchev–Trinajstić information content (AvgIpc) is 3.20. The number of hydrogen-bond acceptors (Lipinski definition) is 6. The number of nitrogens with zero attached hydrogens (tertiary/aromatic N) is 3. The van der Waals surface area contributed by atoms with E-state index >= 15 is 0 Å². The summed E-state index contributed by atoms with van der Waals surface area (Å²) in [5, 5.41) is 1.02. The van der Waals surface area contributed by atoms with E-state index in [1.165, 1.54) is 6.20 Å². The monoisotopic (exact) mass is 438 g/mol. The van der Waals surface area contributed by atoms with Gasteiger partial charge in [0.2, 0.25) is 0 Å². The molecule has 3 heterocycles. The Kier molecular flexibility index (Phi) is 5.65. The lowest BCUT2D eigenvalue weighted by atomic mass is 10.1. The van der Waals surface area contributed by atoms with E-state index in [-0.39, 0.29) is 15.1 Å². The van der Waals surface area contributed by atoms with Gasteiger partial charge in [-0.2, -0.15) is 5.01 Å². The lowest BCUT2D eigenvalue weighted by molar-refractivity contribution is -0.124. The Labute approximate surface area is 183 Å². The van der Waals surface area contributed by atoms with Gasteiger partial charge in [-0.3, -0.25) is 24.8 Å². The van der Waals surface area contributed by atoms with Crippen molar-refractivity contribution in [3.63, 3.8) is 0 Å². The predicted molar refractivity (Wildman–Crippen MR) is 119 cm³/mol. The maximum absolute atomic E-state index is 13.2. The van der Waals surface area contributed by atoms with Crippen LogP contribution in [0.5, 0.6) is 0 Å². The summed E-state index contributed by atoms with van der Waals surface area (Å²) in [6.07, 6.45) is 4.75. The zero-order valence-corrected chi connectivity index (χ0v) is 17.8. The molecule has 1 fully saturated rings. The number of hydrogen-bond donors (Lipinski definition) is 1. The third kappa shape index (κ3) is 3.50. The van der Waals surface area contributed by atoms with E-state index in [2.05, 4.69) is 17.3 Å². The van der Waals surface area contributed by atoms with E-state index in [4.69, 9.17) is 12.2 Å². The van der Waals surface area contributed by atoms with Crippen LogP contribution in [-0.2, 0) is 9.59 Å². The molecule has 2 aliphatic heterocycles. The number of nitrogens with one attached hydrogen (secondary N) is 1. The summed E-state index contributed by atoms with van der Waals surface area (Å²) in [4.78, 5) is 44.6. The number of benzene rings is 1. The molecule has 4 rings (SSSR count). The van der Waals surface area contributed by atoms with Gasteiger partial charge in [0, 0.05) is 24.5 Å². The van der Waals surface area contributed by atoms with Gasteiger partial charge >= 0.3 is 0 Å². The van der Waals surface area contributed by atoms with E-state index in [0.717, 1.165) is 35.3 Å². The second-order valence-electron chi connectivity index (χ2n) is 6.72. The molecule has 0 unspecified atom stereocenters. The maximum Gasteiger partial charge on any atom is 0.286 e. The van der Waals surface area contributed by atoms with Crippen molar-refractivity contribution in [1.29, 1.82) is 0 Å². The van der Waals surface area contributed by atoms with Crippen LogP contribution in [0.4, 0.5) is 5.69 Å². The summed E-state index contributed by atoms with van der Waals surface area (Å²) < 4.78 is 0.164. The van der Waals surface area contributed by atoms with Gasteiger partial charge in [-0.05, 0) is 36.8 Å². The van der Waals surface area contributed by atoms with Gasteiger partial charge in [-0.25, -0.2) is 0 Å². The number of para-hydroxylation sites is 1. The van der Waals surface area contributed by atoms with Crippen molar-refractivity contribution in [3.05, 3.63) is 64.8 Å². The van der Waals surface area contributed by atoms with E-state index in [1.54, 1.807) is 23.2 Å². The number of rotatable bonds is 5. The summed E-state index contributed by atoms with van der Waals surface area (Å²) in [6, 6.07) is 10.6. The van der Waals surface area contributed by atoms with Gasteiger partial charge in [0.15, 0.2) is 4.32 Å². The van der Waals surface area contributed by atoms with E-state index in [1.807, 2.05) is 24.3 Å². The molecule has 2 aromatic rings. The molecule has 7 nitrogen and oxygen atoms in total. The van der Waals surface area contributed by atoms with Gasteiger partial charge in [0.25, 0.3) is 17.7 Å². The largest absolute Gasteiger partial charge is 0.308 e. The Morgan fingerprint density at radius 3 is 2.70 bits per heavy atom. The number of unbranched alkanes of at least 4 members (excludes halogenated alkanes) is 1. The minimum atomic E-state index is -0.516. The first-order valence-corrected chi connectivity index (χ1v) is 10.7. The van der Waals surface area contributed by atoms with Crippen LogP contribution >= 0.6 is 24.0 Å². The number of thiocarbonyl (C=S) groups is 1. The maximum atomic E-state index is 13.2. The summed E-state index contributed by atoms with van der Waals surface area (Å²) in [5.74, 6) is -1.24. The number of aromatic nitrogens is 1. The third-order valence-electron chi connectivity index (χ3n) is 4.79. The van der Waals surface area contributed by atoms with Gasteiger partial charge in [-0.15, -0.1) is 0 Å². The van der Waals surface area contributed by atoms with Crippen LogP contribution in [0.15, 0.2) is 53.7 Å². The van der Waals surface area contributed by atoms with E-state index in [0.29, 0.717) is 23.2 Å². The molecule has 0 saturated carbocycles. The van der Waals surface area contributed by atoms with Crippen molar-refractivity contribution in [2.24, 2.45) is 0 Å². The number of amides is 3. The molecule has 0 spiro atoms. The quantitative estimate of drug-likeness (QED) is 0.571. The fraction of sp³-hybridized carbons (Fsp3) is 0.190. The summed E-state index contributed by atoms with van der Waals surface area (Å²) >= 11 is 6.33. The highest BCUT2D eigenvalue weighted by Gasteiger charge is 2.42. The molecular weight excluding hydrogens is 420 g/mol. The molecule has 1 saturated heterocycles. The number of fused-ring (bicyclic) bond motifs is 1. The molecule has 1 N–H and O–H groups in total. The standard InChI is InChI=1S/C21H18N4O3S2/c1-2-3-11-24-15-9-5-4-8-14(15)16(19(24)27)17-20(28)25(21(29)30-17)23-18(26)13-7-6-10-22-12-13/h4-10,12H,2-3,11H2,1H3,(H,23,26)/b17-16-. The van der Waals surface area contributed by atoms with E-state index < -0.39 is 11.8 Å². The first-order chi connectivity index (χ1) is 14.5. The number of pyridine rings is 1. The molecule has 9 heteroatoms. The fourth-order valence-electron chi connectivity index (χ4n) is 3.32. The van der Waals surface area contributed by atoms with Crippen molar-refractivity contribution in [3.8, 4) is 0 Å². The van der Waals surface area contributed by atoms with Crippen LogP contribution in [0.1, 0.15) is 35.7 Å². The molecule has 2 aliphatic rings. The summed E-state index contributed by atoms with van der Waals surface area (Å²) in [5.41, 5.74) is 4.64. The van der Waals surface area contributed by atoms with Crippen molar-refractivity contribution in [2.75, 3.05) is 11.4 Å². The molecule has 0 bridgehead atoms. The lowest BCUT2D eigenvalue weighted by Gasteiger charge is -2.16. The SMILES string of the molecule is CCCCN1C(=O)/C(=C2\SC(=S)N(NC(=O)c3cccnc3)C2=O)c2ccccc21. The van der Waals surface area contributed by atoms with Gasteiger partial charge in [0.05, 0.1) is 21.7 Å². The van der Waals surface area contributed by atoms with Crippen molar-refractivity contribution in [1.82, 2.24) is 15.4 Å². The molecule has 30 heavy (non-hydrogen) atoms. The molecule has 1 aromatic heterocycles. The molecular formula is C21H18N4O3S2. The molecule has 0 aliphatic carbocycles. The number of carbonyl (C=O) groups is 3. The number of carbonyl (C=O) groups excluding carboxylic acids is 3. The number of hydrazine groups is 1. The molecule has 3 amide bonds. The fourth-order valence-corrected chi connectivity index (χ4v) is 4.57. The first kappa shape index (κ1) is 20.2. The summed E-state index contributed by atoms with van der Waals surface area (Å²) in [7, 11) is 0. The molecule has 152 valence electrons. The minimum Gasteiger partial charge on any atom is -0.308 e. The Bertz CT molecular complexity index is 1080.